The zero-order valence-electron chi connectivity index (χ0n) is 14.0. The summed E-state index contributed by atoms with van der Waals surface area (Å²) >= 11 is 0. The van der Waals surface area contributed by atoms with Gasteiger partial charge < -0.3 is 5.32 Å². The molecule has 2 fully saturated rings. The maximum absolute atomic E-state index is 12.5. The number of hydrogen-bond donors (Lipinski definition) is 1. The number of carbonyl (C=O) groups excluding carboxylic acids is 1. The summed E-state index contributed by atoms with van der Waals surface area (Å²) in [7, 11) is 0. The molecule has 0 radical (unpaired) electrons. The van der Waals surface area contributed by atoms with Gasteiger partial charge in [-0.3, -0.25) is 4.79 Å². The quantitative estimate of drug-likeness (QED) is 0.902. The summed E-state index contributed by atoms with van der Waals surface area (Å²) < 4.78 is 0. The minimum atomic E-state index is 0.140. The maximum Gasteiger partial charge on any atom is 0.224 e. The van der Waals surface area contributed by atoms with Crippen LogP contribution in [-0.2, 0) is 11.2 Å². The van der Waals surface area contributed by atoms with E-state index in [0.717, 1.165) is 5.56 Å². The van der Waals surface area contributed by atoms with Gasteiger partial charge in [0.2, 0.25) is 5.91 Å². The van der Waals surface area contributed by atoms with E-state index in [1.807, 2.05) is 0 Å². The molecular formula is C19H29N3O. The fourth-order valence-electron chi connectivity index (χ4n) is 4.45. The van der Waals surface area contributed by atoms with Gasteiger partial charge in [0.1, 0.15) is 6.33 Å². The van der Waals surface area contributed by atoms with Gasteiger partial charge in [0.15, 0.2) is 0 Å². The lowest BCUT2D eigenvalue weighted by Gasteiger charge is -2.38. The van der Waals surface area contributed by atoms with E-state index in [1.165, 1.54) is 70.5 Å². The Balaban J connectivity index is 1.63. The van der Waals surface area contributed by atoms with Crippen molar-refractivity contribution in [2.75, 3.05) is 0 Å². The number of rotatable bonds is 5. The van der Waals surface area contributed by atoms with E-state index in [9.17, 15) is 4.79 Å². The van der Waals surface area contributed by atoms with Crippen LogP contribution in [0.15, 0.2) is 18.7 Å². The molecule has 23 heavy (non-hydrogen) atoms. The number of nitrogens with one attached hydrogen (secondary N) is 1. The van der Waals surface area contributed by atoms with E-state index in [-0.39, 0.29) is 5.91 Å². The SMILES string of the molecule is O=C(Cc1cncnc1)NC(C1CCCCC1)C1CCCCC1. The molecule has 4 nitrogen and oxygen atoms in total. The predicted molar refractivity (Wildman–Crippen MR) is 90.8 cm³/mol. The van der Waals surface area contributed by atoms with Crippen LogP contribution < -0.4 is 5.32 Å². The second kappa shape index (κ2) is 8.42. The Kier molecular flexibility index (Phi) is 6.00. The minimum Gasteiger partial charge on any atom is -0.353 e. The summed E-state index contributed by atoms with van der Waals surface area (Å²) in [6, 6.07) is 0.382. The molecule has 2 aliphatic carbocycles. The number of hydrogen-bond acceptors (Lipinski definition) is 3. The molecule has 0 atom stereocenters. The van der Waals surface area contributed by atoms with Gasteiger partial charge in [-0.05, 0) is 43.1 Å². The summed E-state index contributed by atoms with van der Waals surface area (Å²) in [5.41, 5.74) is 0.899. The predicted octanol–water partition coefficient (Wildman–Crippen LogP) is 3.66. The van der Waals surface area contributed by atoms with Crippen LogP contribution in [0.2, 0.25) is 0 Å². The molecule has 126 valence electrons. The molecule has 1 heterocycles. The fraction of sp³-hybridized carbons (Fsp3) is 0.737. The van der Waals surface area contributed by atoms with Gasteiger partial charge in [-0.25, -0.2) is 9.97 Å². The first-order chi connectivity index (χ1) is 11.3. The fourth-order valence-corrected chi connectivity index (χ4v) is 4.45. The van der Waals surface area contributed by atoms with Gasteiger partial charge in [0.05, 0.1) is 6.42 Å². The second-order valence-corrected chi connectivity index (χ2v) is 7.31. The average molecular weight is 315 g/mol. The Morgan fingerprint density at radius 2 is 1.48 bits per heavy atom. The Morgan fingerprint density at radius 3 is 2.00 bits per heavy atom. The van der Waals surface area contributed by atoms with Crippen LogP contribution in [0.4, 0.5) is 0 Å². The third kappa shape index (κ3) is 4.76. The zero-order chi connectivity index (χ0) is 15.9. The highest BCUT2D eigenvalue weighted by Crippen LogP contribution is 2.35. The lowest BCUT2D eigenvalue weighted by molar-refractivity contribution is -0.122. The first-order valence-electron chi connectivity index (χ1n) is 9.36. The smallest absolute Gasteiger partial charge is 0.224 e. The topological polar surface area (TPSA) is 54.9 Å². The molecule has 0 saturated heterocycles. The normalized spacial score (nSPS) is 20.6. The monoisotopic (exact) mass is 315 g/mol. The van der Waals surface area contributed by atoms with Crippen molar-refractivity contribution in [3.63, 3.8) is 0 Å². The van der Waals surface area contributed by atoms with Crippen LogP contribution in [0.5, 0.6) is 0 Å². The molecule has 1 aromatic rings. The zero-order valence-corrected chi connectivity index (χ0v) is 14.0. The lowest BCUT2D eigenvalue weighted by Crippen LogP contribution is -2.47. The van der Waals surface area contributed by atoms with Gasteiger partial charge in [-0.2, -0.15) is 0 Å². The van der Waals surface area contributed by atoms with Gasteiger partial charge in [-0.1, -0.05) is 38.5 Å². The van der Waals surface area contributed by atoms with Gasteiger partial charge in [0, 0.05) is 18.4 Å². The van der Waals surface area contributed by atoms with Crippen molar-refractivity contribution in [3.05, 3.63) is 24.3 Å². The molecule has 1 amide bonds. The van der Waals surface area contributed by atoms with Crippen molar-refractivity contribution < 1.29 is 4.79 Å². The first kappa shape index (κ1) is 16.4. The molecule has 2 saturated carbocycles. The number of aromatic nitrogens is 2. The molecule has 0 bridgehead atoms. The summed E-state index contributed by atoms with van der Waals surface area (Å²) in [5.74, 6) is 1.51. The average Bonchev–Trinajstić information content (AvgIpc) is 2.62. The van der Waals surface area contributed by atoms with Crippen molar-refractivity contribution in [3.8, 4) is 0 Å². The van der Waals surface area contributed by atoms with E-state index < -0.39 is 0 Å². The van der Waals surface area contributed by atoms with Gasteiger partial charge in [0.25, 0.3) is 0 Å². The Morgan fingerprint density at radius 1 is 0.957 bits per heavy atom. The maximum atomic E-state index is 12.5. The molecule has 0 spiro atoms. The molecule has 2 aliphatic rings. The van der Waals surface area contributed by atoms with Gasteiger partial charge in [-0.15, -0.1) is 0 Å². The Labute approximate surface area is 139 Å². The number of nitrogens with zero attached hydrogens (tertiary/aromatic N) is 2. The third-order valence-electron chi connectivity index (χ3n) is 5.62. The third-order valence-corrected chi connectivity index (χ3v) is 5.62. The molecule has 0 aromatic carbocycles. The first-order valence-corrected chi connectivity index (χ1v) is 9.36. The highest BCUT2D eigenvalue weighted by Gasteiger charge is 2.32. The Bertz CT molecular complexity index is 461. The molecule has 1 N–H and O–H groups in total. The van der Waals surface area contributed by atoms with Crippen molar-refractivity contribution in [1.82, 2.24) is 15.3 Å². The number of amides is 1. The standard InChI is InChI=1S/C19H29N3O/c23-18(11-15-12-20-14-21-13-15)22-19(16-7-3-1-4-8-16)17-9-5-2-6-10-17/h12-14,16-17,19H,1-11H2,(H,22,23). The van der Waals surface area contributed by atoms with E-state index in [2.05, 4.69) is 15.3 Å². The summed E-state index contributed by atoms with van der Waals surface area (Å²) in [5, 5.41) is 3.41. The van der Waals surface area contributed by atoms with E-state index in [1.54, 1.807) is 12.4 Å². The van der Waals surface area contributed by atoms with Crippen LogP contribution in [0.1, 0.15) is 69.8 Å². The summed E-state index contributed by atoms with van der Waals surface area (Å²) in [6.07, 6.45) is 18.6. The lowest BCUT2D eigenvalue weighted by atomic mass is 9.73. The van der Waals surface area contributed by atoms with Crippen LogP contribution in [-0.4, -0.2) is 21.9 Å². The molecule has 1 aromatic heterocycles. The van der Waals surface area contributed by atoms with E-state index >= 15 is 0 Å². The van der Waals surface area contributed by atoms with Gasteiger partial charge >= 0.3 is 0 Å². The molecule has 0 aliphatic heterocycles. The van der Waals surface area contributed by atoms with Crippen molar-refractivity contribution in [1.29, 1.82) is 0 Å². The van der Waals surface area contributed by atoms with E-state index in [4.69, 9.17) is 0 Å². The van der Waals surface area contributed by atoms with Crippen LogP contribution in [0.25, 0.3) is 0 Å². The molecular weight excluding hydrogens is 286 g/mol. The van der Waals surface area contributed by atoms with Crippen molar-refractivity contribution >= 4 is 5.91 Å². The summed E-state index contributed by atoms with van der Waals surface area (Å²) in [4.78, 5) is 20.6. The van der Waals surface area contributed by atoms with Crippen molar-refractivity contribution in [2.24, 2.45) is 11.8 Å². The molecule has 4 heteroatoms. The van der Waals surface area contributed by atoms with Crippen LogP contribution in [0, 0.1) is 11.8 Å². The highest BCUT2D eigenvalue weighted by molar-refractivity contribution is 5.78. The minimum absolute atomic E-state index is 0.140. The molecule has 0 unspecified atom stereocenters. The summed E-state index contributed by atoms with van der Waals surface area (Å²) in [6.45, 7) is 0. The van der Waals surface area contributed by atoms with Crippen molar-refractivity contribution in [2.45, 2.75) is 76.7 Å². The largest absolute Gasteiger partial charge is 0.353 e. The van der Waals surface area contributed by atoms with E-state index in [0.29, 0.717) is 24.3 Å². The molecule has 3 rings (SSSR count). The van der Waals surface area contributed by atoms with Crippen LogP contribution in [0.3, 0.4) is 0 Å². The Hall–Kier alpha value is -1.45. The van der Waals surface area contributed by atoms with Crippen LogP contribution >= 0.6 is 0 Å². The highest BCUT2D eigenvalue weighted by atomic mass is 16.1. The second-order valence-electron chi connectivity index (χ2n) is 7.31. The number of carbonyl (C=O) groups is 1.